The minimum absolute atomic E-state index is 0.452. The molecule has 0 bridgehead atoms. The van der Waals surface area contributed by atoms with E-state index in [-0.39, 0.29) is 0 Å². The predicted octanol–water partition coefficient (Wildman–Crippen LogP) is 12.1. The van der Waals surface area contributed by atoms with E-state index in [4.69, 9.17) is 16.6 Å². The van der Waals surface area contributed by atoms with E-state index >= 15 is 0 Å². The summed E-state index contributed by atoms with van der Waals surface area (Å²) in [6.45, 7) is 0. The maximum atomic E-state index is 6.48. The van der Waals surface area contributed by atoms with Gasteiger partial charge in [0, 0.05) is 24.9 Å². The van der Waals surface area contributed by atoms with Crippen LogP contribution in [0.5, 0.6) is 0 Å². The average Bonchev–Trinajstić information content (AvgIpc) is 3.50. The van der Waals surface area contributed by atoms with Gasteiger partial charge in [0.25, 0.3) is 0 Å². The van der Waals surface area contributed by atoms with Gasteiger partial charge >= 0.3 is 0 Å². The number of aromatic nitrogens is 1. The van der Waals surface area contributed by atoms with Gasteiger partial charge in [0.15, 0.2) is 0 Å². The van der Waals surface area contributed by atoms with Crippen LogP contribution in [0.25, 0.3) is 55.5 Å². The Morgan fingerprint density at radius 2 is 1.09 bits per heavy atom. The molecule has 1 nitrogen and oxygen atoms in total. The molecule has 9 rings (SSSR count). The van der Waals surface area contributed by atoms with Gasteiger partial charge < -0.3 is 0 Å². The van der Waals surface area contributed by atoms with Gasteiger partial charge in [-0.1, -0.05) is 122 Å². The third kappa shape index (κ3) is 3.67. The molecule has 208 valence electrons. The van der Waals surface area contributed by atoms with E-state index in [1.54, 1.807) is 0 Å². The van der Waals surface area contributed by atoms with Crippen LogP contribution in [-0.4, -0.2) is 4.98 Å². The summed E-state index contributed by atoms with van der Waals surface area (Å²) in [7, 11) is 0. The zero-order valence-corrected chi connectivity index (χ0v) is 27.2. The number of hydrogen-bond donors (Lipinski definition) is 0. The van der Waals surface area contributed by atoms with E-state index in [9.17, 15) is 0 Å². The fourth-order valence-corrected chi connectivity index (χ4v) is 8.38. The Morgan fingerprint density at radius 3 is 1.82 bits per heavy atom. The summed E-state index contributed by atoms with van der Waals surface area (Å²) in [6.07, 6.45) is 0. The number of benzene rings is 6. The fourth-order valence-electron chi connectivity index (χ4n) is 7.49. The number of rotatable bonds is 2. The standard InChI is InChI=1S/C40H22Br2ClN/c41-25-11-15-30-28-8-4-5-9-34(28)40(36(30)19-25)35-18-24(10-14-29(35)31-16-12-26(42)20-37(31)40)39-22-32(23-6-2-1-3-7-23)33-21-27(43)13-17-38(33)44-39/h1-22H. The van der Waals surface area contributed by atoms with Gasteiger partial charge in [-0.05, 0) is 110 Å². The van der Waals surface area contributed by atoms with Crippen LogP contribution < -0.4 is 0 Å². The van der Waals surface area contributed by atoms with E-state index in [0.717, 1.165) is 42.2 Å². The molecule has 1 unspecified atom stereocenters. The Labute approximate surface area is 277 Å². The van der Waals surface area contributed by atoms with Gasteiger partial charge in [-0.25, -0.2) is 4.98 Å². The highest BCUT2D eigenvalue weighted by Crippen LogP contribution is 2.63. The molecule has 44 heavy (non-hydrogen) atoms. The van der Waals surface area contributed by atoms with Crippen LogP contribution in [0.15, 0.2) is 142 Å². The Hall–Kier alpha value is -4.02. The van der Waals surface area contributed by atoms with Crippen molar-refractivity contribution in [3.8, 4) is 44.6 Å². The average molecular weight is 712 g/mol. The normalized spacial score (nSPS) is 15.7. The van der Waals surface area contributed by atoms with E-state index in [2.05, 4.69) is 141 Å². The van der Waals surface area contributed by atoms with Crippen LogP contribution in [0.3, 0.4) is 0 Å². The van der Waals surface area contributed by atoms with E-state index in [0.29, 0.717) is 5.02 Å². The summed E-state index contributed by atoms with van der Waals surface area (Å²) in [5.41, 5.74) is 15.0. The Balaban J connectivity index is 1.36. The first kappa shape index (κ1) is 26.4. The summed E-state index contributed by atoms with van der Waals surface area (Å²) in [5, 5.41) is 1.75. The van der Waals surface area contributed by atoms with Gasteiger partial charge in [0.1, 0.15) is 0 Å². The highest BCUT2D eigenvalue weighted by molar-refractivity contribution is 9.10. The maximum absolute atomic E-state index is 6.48. The highest BCUT2D eigenvalue weighted by atomic mass is 79.9. The molecule has 1 heterocycles. The molecule has 0 N–H and O–H groups in total. The number of pyridine rings is 1. The summed E-state index contributed by atoms with van der Waals surface area (Å²) in [4.78, 5) is 5.21. The van der Waals surface area contributed by atoms with Crippen molar-refractivity contribution in [1.29, 1.82) is 0 Å². The molecule has 1 atom stereocenters. The second kappa shape index (κ2) is 9.74. The SMILES string of the molecule is Clc1ccc2nc(-c3ccc4c(c3)C3(c5ccccc5-c5ccc(Br)cc53)c3cc(Br)ccc3-4)cc(-c3ccccc3)c2c1. The van der Waals surface area contributed by atoms with Gasteiger partial charge in [0.05, 0.1) is 16.6 Å². The van der Waals surface area contributed by atoms with Crippen LogP contribution in [0.4, 0.5) is 0 Å². The fraction of sp³-hybridized carbons (Fsp3) is 0.0250. The van der Waals surface area contributed by atoms with Crippen molar-refractivity contribution in [2.24, 2.45) is 0 Å². The first-order valence-electron chi connectivity index (χ1n) is 14.5. The molecule has 1 spiro atoms. The van der Waals surface area contributed by atoms with Crippen molar-refractivity contribution in [3.05, 3.63) is 170 Å². The molecule has 2 aliphatic rings. The van der Waals surface area contributed by atoms with Crippen molar-refractivity contribution in [1.82, 2.24) is 4.98 Å². The van der Waals surface area contributed by atoms with Crippen molar-refractivity contribution in [2.75, 3.05) is 0 Å². The van der Waals surface area contributed by atoms with Crippen LogP contribution in [0.2, 0.25) is 5.02 Å². The van der Waals surface area contributed by atoms with Gasteiger partial charge in [-0.15, -0.1) is 0 Å². The smallest absolute Gasteiger partial charge is 0.0726 e. The van der Waals surface area contributed by atoms with Gasteiger partial charge in [0.2, 0.25) is 0 Å². The molecule has 2 aliphatic carbocycles. The van der Waals surface area contributed by atoms with E-state index in [1.807, 2.05) is 24.3 Å². The molecule has 0 fully saturated rings. The lowest BCUT2D eigenvalue weighted by atomic mass is 9.70. The number of nitrogens with zero attached hydrogens (tertiary/aromatic N) is 1. The molecule has 1 aromatic heterocycles. The largest absolute Gasteiger partial charge is 0.248 e. The summed E-state index contributed by atoms with van der Waals surface area (Å²) < 4.78 is 2.15. The third-order valence-corrected chi connectivity index (χ3v) is 10.5. The minimum atomic E-state index is -0.452. The number of halogens is 3. The monoisotopic (exact) mass is 709 g/mol. The minimum Gasteiger partial charge on any atom is -0.248 e. The molecule has 7 aromatic rings. The van der Waals surface area contributed by atoms with Crippen LogP contribution in [0, 0.1) is 0 Å². The summed E-state index contributed by atoms with van der Waals surface area (Å²) in [6, 6.07) is 47.9. The molecule has 6 aromatic carbocycles. The second-order valence-electron chi connectivity index (χ2n) is 11.5. The van der Waals surface area contributed by atoms with Gasteiger partial charge in [-0.3, -0.25) is 0 Å². The molecular formula is C40H22Br2ClN. The predicted molar refractivity (Wildman–Crippen MR) is 189 cm³/mol. The van der Waals surface area contributed by atoms with Crippen molar-refractivity contribution >= 4 is 54.4 Å². The first-order valence-corrected chi connectivity index (χ1v) is 16.5. The molecule has 0 amide bonds. The van der Waals surface area contributed by atoms with Gasteiger partial charge in [-0.2, -0.15) is 0 Å². The number of hydrogen-bond acceptors (Lipinski definition) is 1. The van der Waals surface area contributed by atoms with Crippen molar-refractivity contribution in [3.63, 3.8) is 0 Å². The molecule has 0 radical (unpaired) electrons. The summed E-state index contributed by atoms with van der Waals surface area (Å²) in [5.74, 6) is 0. The molecule has 4 heteroatoms. The topological polar surface area (TPSA) is 12.9 Å². The zero-order valence-electron chi connectivity index (χ0n) is 23.3. The first-order chi connectivity index (χ1) is 21.5. The Bertz CT molecular complexity index is 2310. The maximum Gasteiger partial charge on any atom is 0.0726 e. The lowest BCUT2D eigenvalue weighted by Crippen LogP contribution is -2.26. The van der Waals surface area contributed by atoms with Crippen LogP contribution >= 0.6 is 43.5 Å². The van der Waals surface area contributed by atoms with Crippen molar-refractivity contribution in [2.45, 2.75) is 5.41 Å². The van der Waals surface area contributed by atoms with E-state index < -0.39 is 5.41 Å². The summed E-state index contributed by atoms with van der Waals surface area (Å²) >= 11 is 14.1. The molecule has 0 aliphatic heterocycles. The quantitative estimate of drug-likeness (QED) is 0.174. The Kier molecular flexibility index (Phi) is 5.84. The van der Waals surface area contributed by atoms with Crippen LogP contribution in [0.1, 0.15) is 22.3 Å². The molecule has 0 saturated heterocycles. The molecule has 0 saturated carbocycles. The third-order valence-electron chi connectivity index (χ3n) is 9.26. The lowest BCUT2D eigenvalue weighted by Gasteiger charge is -2.31. The van der Waals surface area contributed by atoms with Crippen LogP contribution in [-0.2, 0) is 5.41 Å². The zero-order chi connectivity index (χ0) is 29.6. The lowest BCUT2D eigenvalue weighted by molar-refractivity contribution is 0.792. The molecular weight excluding hydrogens is 690 g/mol. The Morgan fingerprint density at radius 1 is 0.477 bits per heavy atom. The highest BCUT2D eigenvalue weighted by Gasteiger charge is 2.51. The second-order valence-corrected chi connectivity index (χ2v) is 13.8. The number of fused-ring (bicyclic) bond motifs is 11. The van der Waals surface area contributed by atoms with E-state index in [1.165, 1.54) is 44.5 Å². The van der Waals surface area contributed by atoms with Crippen molar-refractivity contribution < 1.29 is 0 Å².